The molecular formula is C17H17N. The molecule has 1 heterocycles. The fourth-order valence-corrected chi connectivity index (χ4v) is 3.45. The molecule has 2 aromatic rings. The Kier molecular flexibility index (Phi) is 2.19. The molecule has 1 heteroatoms. The summed E-state index contributed by atoms with van der Waals surface area (Å²) in [5.41, 5.74) is 1.63. The summed E-state index contributed by atoms with van der Waals surface area (Å²) < 4.78 is 0. The molecular weight excluding hydrogens is 218 g/mol. The first-order valence-corrected chi connectivity index (χ1v) is 6.90. The molecule has 2 aliphatic rings. The molecule has 0 bridgehead atoms. The number of benzene rings is 2. The van der Waals surface area contributed by atoms with Crippen LogP contribution in [0.1, 0.15) is 25.7 Å². The van der Waals surface area contributed by atoms with E-state index in [-0.39, 0.29) is 0 Å². The van der Waals surface area contributed by atoms with Crippen LogP contribution in [0.3, 0.4) is 0 Å². The second-order valence-electron chi connectivity index (χ2n) is 5.39. The van der Waals surface area contributed by atoms with E-state index in [1.165, 1.54) is 46.9 Å². The molecule has 0 aromatic heterocycles. The third kappa shape index (κ3) is 1.40. The maximum absolute atomic E-state index is 3.58. The predicted molar refractivity (Wildman–Crippen MR) is 76.5 cm³/mol. The third-order valence-corrected chi connectivity index (χ3v) is 4.33. The largest absolute Gasteiger partial charge is 0.384 e. The SMILES string of the molecule is C1=c2ccc3ccccc3c2=C2CCCCC2N1. The molecule has 1 saturated carbocycles. The van der Waals surface area contributed by atoms with Crippen LogP contribution >= 0.6 is 0 Å². The molecule has 1 atom stereocenters. The maximum Gasteiger partial charge on any atom is 0.0477 e. The van der Waals surface area contributed by atoms with Crippen LogP contribution in [0.25, 0.3) is 22.5 Å². The molecule has 1 fully saturated rings. The van der Waals surface area contributed by atoms with E-state index in [2.05, 4.69) is 47.9 Å². The van der Waals surface area contributed by atoms with Crippen LogP contribution in [0.15, 0.2) is 36.4 Å². The average Bonchev–Trinajstić information content (AvgIpc) is 2.46. The van der Waals surface area contributed by atoms with Gasteiger partial charge < -0.3 is 5.32 Å². The predicted octanol–water partition coefficient (Wildman–Crippen LogP) is 2.27. The lowest BCUT2D eigenvalue weighted by Gasteiger charge is -2.29. The Morgan fingerprint density at radius 1 is 1.00 bits per heavy atom. The molecule has 90 valence electrons. The second-order valence-corrected chi connectivity index (χ2v) is 5.39. The second kappa shape index (κ2) is 3.88. The van der Waals surface area contributed by atoms with E-state index >= 15 is 0 Å². The lowest BCUT2D eigenvalue weighted by atomic mass is 9.85. The maximum atomic E-state index is 3.58. The van der Waals surface area contributed by atoms with E-state index in [1.807, 2.05) is 0 Å². The van der Waals surface area contributed by atoms with E-state index in [0.717, 1.165) is 0 Å². The lowest BCUT2D eigenvalue weighted by Crippen LogP contribution is -2.44. The van der Waals surface area contributed by atoms with E-state index < -0.39 is 0 Å². The highest BCUT2D eigenvalue weighted by Gasteiger charge is 2.21. The molecule has 0 radical (unpaired) electrons. The Balaban J connectivity index is 2.18. The molecule has 1 nitrogen and oxygen atoms in total. The van der Waals surface area contributed by atoms with Gasteiger partial charge in [0.15, 0.2) is 0 Å². The van der Waals surface area contributed by atoms with Crippen molar-refractivity contribution in [1.82, 2.24) is 5.32 Å². The van der Waals surface area contributed by atoms with Gasteiger partial charge in [-0.1, -0.05) is 42.8 Å². The number of nitrogens with one attached hydrogen (secondary N) is 1. The van der Waals surface area contributed by atoms with Crippen LogP contribution in [0.5, 0.6) is 0 Å². The van der Waals surface area contributed by atoms with Crippen molar-refractivity contribution in [3.05, 3.63) is 46.8 Å². The summed E-state index contributed by atoms with van der Waals surface area (Å²) in [4.78, 5) is 0. The van der Waals surface area contributed by atoms with Crippen LogP contribution in [0.4, 0.5) is 0 Å². The van der Waals surface area contributed by atoms with Crippen molar-refractivity contribution >= 4 is 22.5 Å². The van der Waals surface area contributed by atoms with Gasteiger partial charge in [0.2, 0.25) is 0 Å². The van der Waals surface area contributed by atoms with Gasteiger partial charge >= 0.3 is 0 Å². The smallest absolute Gasteiger partial charge is 0.0477 e. The molecule has 0 saturated heterocycles. The summed E-state index contributed by atoms with van der Waals surface area (Å²) in [5.74, 6) is 0. The van der Waals surface area contributed by atoms with E-state index in [1.54, 1.807) is 5.57 Å². The van der Waals surface area contributed by atoms with Crippen LogP contribution < -0.4 is 15.8 Å². The van der Waals surface area contributed by atoms with Crippen molar-refractivity contribution < 1.29 is 0 Å². The minimum atomic E-state index is 0.581. The molecule has 1 N–H and O–H groups in total. The standard InChI is InChI=1S/C17H17N/c1-2-6-14-12(5-1)9-10-13-11-18-16-8-4-3-7-15(16)17(13)14/h1-2,5-6,9-11,16,18H,3-4,7-8H2. The summed E-state index contributed by atoms with van der Waals surface area (Å²) in [6.07, 6.45) is 7.45. The molecule has 0 spiro atoms. The zero-order chi connectivity index (χ0) is 11.9. The molecule has 1 aliphatic heterocycles. The third-order valence-electron chi connectivity index (χ3n) is 4.33. The average molecular weight is 235 g/mol. The highest BCUT2D eigenvalue weighted by molar-refractivity contribution is 5.86. The zero-order valence-electron chi connectivity index (χ0n) is 10.4. The van der Waals surface area contributed by atoms with Gasteiger partial charge in [-0.05, 0) is 46.0 Å². The van der Waals surface area contributed by atoms with E-state index in [9.17, 15) is 0 Å². The van der Waals surface area contributed by atoms with Gasteiger partial charge in [-0.15, -0.1) is 0 Å². The van der Waals surface area contributed by atoms with Crippen molar-refractivity contribution in [2.24, 2.45) is 0 Å². The van der Waals surface area contributed by atoms with Gasteiger partial charge in [0.05, 0.1) is 0 Å². The molecule has 2 aromatic carbocycles. The summed E-state index contributed by atoms with van der Waals surface area (Å²) in [6, 6.07) is 13.8. The fraction of sp³-hybridized carbons (Fsp3) is 0.294. The van der Waals surface area contributed by atoms with E-state index in [4.69, 9.17) is 0 Å². The van der Waals surface area contributed by atoms with Crippen molar-refractivity contribution in [1.29, 1.82) is 0 Å². The Hall–Kier alpha value is -1.76. The van der Waals surface area contributed by atoms with Gasteiger partial charge in [0.25, 0.3) is 0 Å². The molecule has 1 aliphatic carbocycles. The Bertz CT molecular complexity index is 727. The van der Waals surface area contributed by atoms with Crippen molar-refractivity contribution in [2.75, 3.05) is 0 Å². The minimum Gasteiger partial charge on any atom is -0.384 e. The topological polar surface area (TPSA) is 12.0 Å². The van der Waals surface area contributed by atoms with Gasteiger partial charge in [-0.3, -0.25) is 0 Å². The van der Waals surface area contributed by atoms with Crippen LogP contribution in [0.2, 0.25) is 0 Å². The highest BCUT2D eigenvalue weighted by atomic mass is 14.9. The number of rotatable bonds is 0. The van der Waals surface area contributed by atoms with Crippen molar-refractivity contribution in [3.8, 4) is 0 Å². The molecule has 0 amide bonds. The van der Waals surface area contributed by atoms with Crippen LogP contribution in [0, 0.1) is 0 Å². The fourth-order valence-electron chi connectivity index (χ4n) is 3.45. The minimum absolute atomic E-state index is 0.581. The molecule has 18 heavy (non-hydrogen) atoms. The van der Waals surface area contributed by atoms with Gasteiger partial charge in [0.1, 0.15) is 0 Å². The summed E-state index contributed by atoms with van der Waals surface area (Å²) >= 11 is 0. The Morgan fingerprint density at radius 2 is 1.94 bits per heavy atom. The zero-order valence-corrected chi connectivity index (χ0v) is 10.4. The Morgan fingerprint density at radius 3 is 2.94 bits per heavy atom. The normalized spacial score (nSPS) is 21.8. The highest BCUT2D eigenvalue weighted by Crippen LogP contribution is 2.25. The first-order valence-electron chi connectivity index (χ1n) is 6.90. The lowest BCUT2D eigenvalue weighted by molar-refractivity contribution is 0.545. The van der Waals surface area contributed by atoms with E-state index in [0.29, 0.717) is 6.04 Å². The number of hydrogen-bond acceptors (Lipinski definition) is 1. The summed E-state index contributed by atoms with van der Waals surface area (Å²) in [6.45, 7) is 0. The van der Waals surface area contributed by atoms with Crippen LogP contribution in [-0.2, 0) is 0 Å². The van der Waals surface area contributed by atoms with Crippen LogP contribution in [-0.4, -0.2) is 6.04 Å². The summed E-state index contributed by atoms with van der Waals surface area (Å²) in [7, 11) is 0. The first-order chi connectivity index (χ1) is 8.93. The van der Waals surface area contributed by atoms with Gasteiger partial charge in [0, 0.05) is 12.2 Å². The van der Waals surface area contributed by atoms with Gasteiger partial charge in [-0.2, -0.15) is 0 Å². The van der Waals surface area contributed by atoms with Gasteiger partial charge in [-0.25, -0.2) is 0 Å². The van der Waals surface area contributed by atoms with Crippen molar-refractivity contribution in [3.63, 3.8) is 0 Å². The quantitative estimate of drug-likeness (QED) is 0.738. The number of hydrogen-bond donors (Lipinski definition) is 1. The monoisotopic (exact) mass is 235 g/mol. The molecule has 4 rings (SSSR count). The first kappa shape index (κ1) is 10.2. The molecule has 1 unspecified atom stereocenters. The number of fused-ring (bicyclic) bond motifs is 4. The Labute approximate surface area is 107 Å². The van der Waals surface area contributed by atoms with Crippen molar-refractivity contribution in [2.45, 2.75) is 31.7 Å². The summed E-state index contributed by atoms with van der Waals surface area (Å²) in [5, 5.41) is 9.24.